The second-order valence-electron chi connectivity index (χ2n) is 5.26. The van der Waals surface area contributed by atoms with E-state index in [0.717, 1.165) is 17.8 Å². The van der Waals surface area contributed by atoms with Crippen LogP contribution in [0.3, 0.4) is 0 Å². The molecule has 2 atom stereocenters. The first-order chi connectivity index (χ1) is 6.00. The highest BCUT2D eigenvalue weighted by Gasteiger charge is 2.42. The molecule has 1 heterocycles. The molecule has 13 heavy (non-hydrogen) atoms. The van der Waals surface area contributed by atoms with Gasteiger partial charge in [-0.15, -0.1) is 0 Å². The van der Waals surface area contributed by atoms with Crippen molar-refractivity contribution in [3.8, 4) is 0 Å². The Balaban J connectivity index is 2.78. The van der Waals surface area contributed by atoms with E-state index in [1.807, 2.05) is 0 Å². The molecular weight excluding hydrogens is 158 g/mol. The van der Waals surface area contributed by atoms with Crippen molar-refractivity contribution in [2.45, 2.75) is 53.0 Å². The van der Waals surface area contributed by atoms with Gasteiger partial charge < -0.3 is 5.32 Å². The number of rotatable bonds is 3. The van der Waals surface area contributed by atoms with Crippen molar-refractivity contribution in [1.29, 1.82) is 0 Å². The molecule has 1 rings (SSSR count). The van der Waals surface area contributed by atoms with Crippen LogP contribution in [0.25, 0.3) is 0 Å². The van der Waals surface area contributed by atoms with Gasteiger partial charge in [-0.25, -0.2) is 0 Å². The lowest BCUT2D eigenvalue weighted by molar-refractivity contribution is 0.141. The summed E-state index contributed by atoms with van der Waals surface area (Å²) < 4.78 is 0. The zero-order valence-corrected chi connectivity index (χ0v) is 9.85. The molecule has 0 aromatic rings. The van der Waals surface area contributed by atoms with Gasteiger partial charge in [0, 0.05) is 5.54 Å². The minimum absolute atomic E-state index is 0.425. The van der Waals surface area contributed by atoms with E-state index in [1.165, 1.54) is 19.4 Å². The topological polar surface area (TPSA) is 12.0 Å². The number of nitrogens with one attached hydrogen (secondary N) is 1. The third kappa shape index (κ3) is 1.90. The molecule has 0 radical (unpaired) electrons. The van der Waals surface area contributed by atoms with Crippen molar-refractivity contribution in [2.75, 3.05) is 6.54 Å². The molecule has 0 amide bonds. The molecule has 1 aliphatic rings. The van der Waals surface area contributed by atoms with Crippen LogP contribution in [0.2, 0.25) is 0 Å². The van der Waals surface area contributed by atoms with Crippen molar-refractivity contribution in [1.82, 2.24) is 5.32 Å². The maximum atomic E-state index is 3.75. The van der Waals surface area contributed by atoms with Gasteiger partial charge in [0.05, 0.1) is 0 Å². The summed E-state index contributed by atoms with van der Waals surface area (Å²) in [6.07, 6.45) is 2.72. The Morgan fingerprint density at radius 2 is 1.69 bits per heavy atom. The standard InChI is InChI=1S/C12H25N/c1-9(2)11(5)12(10(3)4)7-6-8-13-12/h9-11,13H,6-8H2,1-5H3. The SMILES string of the molecule is CC(C)C(C)C1(C(C)C)CCCN1. The van der Waals surface area contributed by atoms with Gasteiger partial charge in [-0.05, 0) is 37.1 Å². The minimum Gasteiger partial charge on any atom is -0.311 e. The Labute approximate surface area is 83.3 Å². The van der Waals surface area contributed by atoms with Gasteiger partial charge in [0.15, 0.2) is 0 Å². The largest absolute Gasteiger partial charge is 0.311 e. The van der Waals surface area contributed by atoms with Gasteiger partial charge in [-0.1, -0.05) is 34.6 Å². The van der Waals surface area contributed by atoms with Crippen molar-refractivity contribution in [3.05, 3.63) is 0 Å². The first kappa shape index (κ1) is 11.0. The van der Waals surface area contributed by atoms with Crippen LogP contribution in [0.5, 0.6) is 0 Å². The van der Waals surface area contributed by atoms with Crippen LogP contribution in [0, 0.1) is 17.8 Å². The second-order valence-corrected chi connectivity index (χ2v) is 5.26. The van der Waals surface area contributed by atoms with E-state index < -0.39 is 0 Å². The van der Waals surface area contributed by atoms with Crippen LogP contribution in [0.15, 0.2) is 0 Å². The molecule has 1 N–H and O–H groups in total. The summed E-state index contributed by atoms with van der Waals surface area (Å²) in [5.41, 5.74) is 0.425. The molecule has 1 aliphatic heterocycles. The van der Waals surface area contributed by atoms with E-state index in [0.29, 0.717) is 5.54 Å². The molecular formula is C12H25N. The van der Waals surface area contributed by atoms with Gasteiger partial charge in [-0.3, -0.25) is 0 Å². The average Bonchev–Trinajstić information content (AvgIpc) is 2.51. The van der Waals surface area contributed by atoms with Crippen molar-refractivity contribution >= 4 is 0 Å². The summed E-state index contributed by atoms with van der Waals surface area (Å²) in [6.45, 7) is 13.0. The zero-order chi connectivity index (χ0) is 10.1. The third-order valence-corrected chi connectivity index (χ3v) is 4.06. The highest BCUT2D eigenvalue weighted by molar-refractivity contribution is 4.99. The van der Waals surface area contributed by atoms with E-state index in [2.05, 4.69) is 39.9 Å². The van der Waals surface area contributed by atoms with Crippen molar-refractivity contribution < 1.29 is 0 Å². The second kappa shape index (κ2) is 4.00. The van der Waals surface area contributed by atoms with Gasteiger partial charge in [0.25, 0.3) is 0 Å². The molecule has 1 fully saturated rings. The van der Waals surface area contributed by atoms with E-state index in [9.17, 15) is 0 Å². The lowest BCUT2D eigenvalue weighted by Crippen LogP contribution is -2.51. The summed E-state index contributed by atoms with van der Waals surface area (Å²) >= 11 is 0. The third-order valence-electron chi connectivity index (χ3n) is 4.06. The molecule has 2 unspecified atom stereocenters. The maximum Gasteiger partial charge on any atom is 0.0232 e. The first-order valence-electron chi connectivity index (χ1n) is 5.75. The Morgan fingerprint density at radius 1 is 1.08 bits per heavy atom. The normalized spacial score (nSPS) is 31.6. The summed E-state index contributed by atoms with van der Waals surface area (Å²) in [5, 5.41) is 3.75. The van der Waals surface area contributed by atoms with Gasteiger partial charge >= 0.3 is 0 Å². The van der Waals surface area contributed by atoms with E-state index in [4.69, 9.17) is 0 Å². The predicted molar refractivity (Wildman–Crippen MR) is 58.8 cm³/mol. The highest BCUT2D eigenvalue weighted by Crippen LogP contribution is 2.38. The monoisotopic (exact) mass is 183 g/mol. The molecule has 1 nitrogen and oxygen atoms in total. The summed E-state index contributed by atoms with van der Waals surface area (Å²) in [4.78, 5) is 0. The Morgan fingerprint density at radius 3 is 2.00 bits per heavy atom. The summed E-state index contributed by atoms with van der Waals surface area (Å²) in [6, 6.07) is 0. The molecule has 78 valence electrons. The van der Waals surface area contributed by atoms with E-state index in [1.54, 1.807) is 0 Å². The van der Waals surface area contributed by atoms with Crippen LogP contribution in [-0.4, -0.2) is 12.1 Å². The molecule has 0 aromatic carbocycles. The Kier molecular flexibility index (Phi) is 3.39. The molecule has 0 saturated carbocycles. The first-order valence-corrected chi connectivity index (χ1v) is 5.75. The van der Waals surface area contributed by atoms with E-state index in [-0.39, 0.29) is 0 Å². The van der Waals surface area contributed by atoms with Gasteiger partial charge in [-0.2, -0.15) is 0 Å². The molecule has 0 aromatic heterocycles. The molecule has 1 saturated heterocycles. The molecule has 1 heteroatoms. The Bertz CT molecular complexity index is 155. The van der Waals surface area contributed by atoms with Crippen molar-refractivity contribution in [2.24, 2.45) is 17.8 Å². The maximum absolute atomic E-state index is 3.75. The van der Waals surface area contributed by atoms with Crippen LogP contribution < -0.4 is 5.32 Å². The fourth-order valence-electron chi connectivity index (χ4n) is 2.79. The smallest absolute Gasteiger partial charge is 0.0232 e. The van der Waals surface area contributed by atoms with Gasteiger partial charge in [0.2, 0.25) is 0 Å². The van der Waals surface area contributed by atoms with Crippen LogP contribution in [0.4, 0.5) is 0 Å². The number of hydrogen-bond acceptors (Lipinski definition) is 1. The van der Waals surface area contributed by atoms with Crippen molar-refractivity contribution in [3.63, 3.8) is 0 Å². The lowest BCUT2D eigenvalue weighted by Gasteiger charge is -2.42. The Hall–Kier alpha value is -0.0400. The molecule has 0 aliphatic carbocycles. The molecule has 0 spiro atoms. The fraction of sp³-hybridized carbons (Fsp3) is 1.00. The number of hydrogen-bond donors (Lipinski definition) is 1. The minimum atomic E-state index is 0.425. The van der Waals surface area contributed by atoms with Crippen LogP contribution in [-0.2, 0) is 0 Å². The quantitative estimate of drug-likeness (QED) is 0.709. The summed E-state index contributed by atoms with van der Waals surface area (Å²) in [5.74, 6) is 2.33. The summed E-state index contributed by atoms with van der Waals surface area (Å²) in [7, 11) is 0. The van der Waals surface area contributed by atoms with E-state index >= 15 is 0 Å². The predicted octanol–water partition coefficient (Wildman–Crippen LogP) is 3.06. The van der Waals surface area contributed by atoms with Gasteiger partial charge in [0.1, 0.15) is 0 Å². The average molecular weight is 183 g/mol. The van der Waals surface area contributed by atoms with Crippen LogP contribution in [0.1, 0.15) is 47.5 Å². The van der Waals surface area contributed by atoms with Crippen LogP contribution >= 0.6 is 0 Å². The highest BCUT2D eigenvalue weighted by atomic mass is 15.0. The zero-order valence-electron chi connectivity index (χ0n) is 9.85. The molecule has 0 bridgehead atoms. The fourth-order valence-corrected chi connectivity index (χ4v) is 2.79. The lowest BCUT2D eigenvalue weighted by atomic mass is 9.70.